The number of amides is 2. The summed E-state index contributed by atoms with van der Waals surface area (Å²) < 4.78 is 5.97. The van der Waals surface area contributed by atoms with Crippen molar-refractivity contribution >= 4 is 28.2 Å². The molecule has 0 heterocycles. The van der Waals surface area contributed by atoms with Crippen LogP contribution in [0.5, 0.6) is 0 Å². The number of hydrogen-bond donors (Lipinski definition) is 2. The van der Waals surface area contributed by atoms with Crippen LogP contribution in [-0.2, 0) is 20.7 Å². The summed E-state index contributed by atoms with van der Waals surface area (Å²) in [5, 5.41) is 0. The van der Waals surface area contributed by atoms with Crippen molar-refractivity contribution in [3.05, 3.63) is 34.3 Å². The standard InChI is InChI=1S/C9H10BrNO.C5H12O.C2H2.CH3NO/c10-8-3-1-2-7(6-8)4-5-9(11)12;1-5(2,3)6-4;1-2;2-1-3/h1-3,6H,4-5H2,(H2,11,12);1-4H3;1-2H;1H,(H2,2,3). The molecule has 1 aromatic rings. The molecular weight excluding hydrogens is 360 g/mol. The van der Waals surface area contributed by atoms with Gasteiger partial charge in [0.25, 0.3) is 0 Å². The maximum atomic E-state index is 10.5. The van der Waals surface area contributed by atoms with Gasteiger partial charge in [-0.1, -0.05) is 28.1 Å². The van der Waals surface area contributed by atoms with Gasteiger partial charge in [0.05, 0.1) is 5.60 Å². The molecule has 0 radical (unpaired) electrons. The third-order valence-electron chi connectivity index (χ3n) is 2.16. The number of primary amides is 2. The van der Waals surface area contributed by atoms with Crippen LogP contribution < -0.4 is 11.5 Å². The summed E-state index contributed by atoms with van der Waals surface area (Å²) in [6, 6.07) is 7.87. The predicted octanol–water partition coefficient (Wildman–Crippen LogP) is 2.65. The number of methoxy groups -OCH3 is 1. The van der Waals surface area contributed by atoms with Gasteiger partial charge < -0.3 is 16.2 Å². The second-order valence-corrected chi connectivity index (χ2v) is 5.96. The lowest BCUT2D eigenvalue weighted by molar-refractivity contribution is -0.118. The van der Waals surface area contributed by atoms with E-state index in [1.165, 1.54) is 0 Å². The molecule has 0 aliphatic rings. The molecule has 0 aromatic heterocycles. The van der Waals surface area contributed by atoms with E-state index >= 15 is 0 Å². The Hall–Kier alpha value is -1.84. The van der Waals surface area contributed by atoms with Gasteiger partial charge in [0.2, 0.25) is 12.3 Å². The zero-order chi connectivity index (χ0) is 18.9. The Morgan fingerprint density at radius 1 is 1.35 bits per heavy atom. The van der Waals surface area contributed by atoms with Gasteiger partial charge in [-0.05, 0) is 44.9 Å². The highest BCUT2D eigenvalue weighted by Gasteiger charge is 2.04. The highest BCUT2D eigenvalue weighted by Crippen LogP contribution is 2.12. The van der Waals surface area contributed by atoms with E-state index in [-0.39, 0.29) is 17.9 Å². The van der Waals surface area contributed by atoms with Crippen LogP contribution in [0.1, 0.15) is 32.8 Å². The average Bonchev–Trinajstić information content (AvgIpc) is 2.48. The molecule has 0 saturated heterocycles. The topological polar surface area (TPSA) is 95.4 Å². The predicted molar refractivity (Wildman–Crippen MR) is 98.6 cm³/mol. The number of carbonyl (C=O) groups is 2. The summed E-state index contributed by atoms with van der Waals surface area (Å²) >= 11 is 3.35. The first-order valence-electron chi connectivity index (χ1n) is 6.72. The first-order valence-corrected chi connectivity index (χ1v) is 7.52. The van der Waals surface area contributed by atoms with Gasteiger partial charge in [-0.15, -0.1) is 12.8 Å². The van der Waals surface area contributed by atoms with Crippen LogP contribution in [0.25, 0.3) is 0 Å². The average molecular weight is 387 g/mol. The molecule has 130 valence electrons. The van der Waals surface area contributed by atoms with Crippen LogP contribution in [0, 0.1) is 12.8 Å². The Morgan fingerprint density at radius 2 is 1.78 bits per heavy atom. The van der Waals surface area contributed by atoms with E-state index in [2.05, 4.69) is 34.5 Å². The van der Waals surface area contributed by atoms with Crippen molar-refractivity contribution < 1.29 is 14.3 Å². The number of ether oxygens (including phenoxy) is 1. The molecule has 0 bridgehead atoms. The normalized spacial score (nSPS) is 8.83. The number of halogens is 1. The van der Waals surface area contributed by atoms with E-state index in [4.69, 9.17) is 15.3 Å². The molecule has 0 aliphatic heterocycles. The summed E-state index contributed by atoms with van der Waals surface area (Å²) in [6.07, 6.45) is 9.38. The van der Waals surface area contributed by atoms with Crippen LogP contribution in [0.3, 0.4) is 0 Å². The Kier molecular flexibility index (Phi) is 18.7. The van der Waals surface area contributed by atoms with Crippen LogP contribution in [-0.4, -0.2) is 25.0 Å². The largest absolute Gasteiger partial charge is 0.379 e. The van der Waals surface area contributed by atoms with Gasteiger partial charge in [-0.3, -0.25) is 9.59 Å². The van der Waals surface area contributed by atoms with Gasteiger partial charge in [-0.2, -0.15) is 0 Å². The summed E-state index contributed by atoms with van der Waals surface area (Å²) in [5.41, 5.74) is 10.4. The van der Waals surface area contributed by atoms with Gasteiger partial charge in [0.15, 0.2) is 0 Å². The van der Waals surface area contributed by atoms with E-state index in [9.17, 15) is 4.79 Å². The van der Waals surface area contributed by atoms with Crippen molar-refractivity contribution in [3.63, 3.8) is 0 Å². The molecule has 0 unspecified atom stereocenters. The van der Waals surface area contributed by atoms with Crippen LogP contribution in [0.15, 0.2) is 28.7 Å². The highest BCUT2D eigenvalue weighted by atomic mass is 79.9. The van der Waals surface area contributed by atoms with Gasteiger partial charge in [0.1, 0.15) is 0 Å². The molecule has 0 atom stereocenters. The lowest BCUT2D eigenvalue weighted by atomic mass is 10.1. The zero-order valence-electron chi connectivity index (χ0n) is 14.2. The summed E-state index contributed by atoms with van der Waals surface area (Å²) in [5.74, 6) is -0.255. The molecular formula is C17H27BrN2O3. The van der Waals surface area contributed by atoms with Crippen molar-refractivity contribution in [2.24, 2.45) is 11.5 Å². The van der Waals surface area contributed by atoms with E-state index < -0.39 is 0 Å². The molecule has 5 nitrogen and oxygen atoms in total. The molecule has 0 spiro atoms. The van der Waals surface area contributed by atoms with E-state index in [1.807, 2.05) is 45.0 Å². The number of hydrogen-bond acceptors (Lipinski definition) is 3. The van der Waals surface area contributed by atoms with Crippen molar-refractivity contribution in [1.82, 2.24) is 0 Å². The Bertz CT molecular complexity index is 455. The number of benzene rings is 1. The molecule has 0 aliphatic carbocycles. The van der Waals surface area contributed by atoms with Gasteiger partial charge in [0, 0.05) is 18.0 Å². The van der Waals surface area contributed by atoms with E-state index in [0.717, 1.165) is 16.5 Å². The summed E-state index contributed by atoms with van der Waals surface area (Å²) in [6.45, 7) is 6.06. The van der Waals surface area contributed by atoms with E-state index in [1.54, 1.807) is 7.11 Å². The Balaban J connectivity index is -0.000000307. The molecule has 2 amide bonds. The third-order valence-corrected chi connectivity index (χ3v) is 2.65. The fourth-order valence-electron chi connectivity index (χ4n) is 0.960. The molecule has 0 fully saturated rings. The lowest BCUT2D eigenvalue weighted by Gasteiger charge is -2.14. The molecule has 23 heavy (non-hydrogen) atoms. The fraction of sp³-hybridized carbons (Fsp3) is 0.412. The van der Waals surface area contributed by atoms with Crippen LogP contribution in [0.2, 0.25) is 0 Å². The molecule has 1 rings (SSSR count). The van der Waals surface area contributed by atoms with Crippen molar-refractivity contribution in [2.75, 3.05) is 7.11 Å². The number of terminal acetylenes is 1. The van der Waals surface area contributed by atoms with E-state index in [0.29, 0.717) is 6.42 Å². The molecule has 6 heteroatoms. The lowest BCUT2D eigenvalue weighted by Crippen LogP contribution is -2.15. The van der Waals surface area contributed by atoms with Gasteiger partial charge >= 0.3 is 0 Å². The van der Waals surface area contributed by atoms with Gasteiger partial charge in [-0.25, -0.2) is 0 Å². The zero-order valence-corrected chi connectivity index (χ0v) is 15.8. The SMILES string of the molecule is C#C.COC(C)(C)C.NC(=O)CCc1cccc(Br)c1.NC=O. The quantitative estimate of drug-likeness (QED) is 0.617. The second-order valence-electron chi connectivity index (χ2n) is 5.05. The fourth-order valence-corrected chi connectivity index (χ4v) is 1.41. The number of rotatable bonds is 3. The summed E-state index contributed by atoms with van der Waals surface area (Å²) in [7, 11) is 1.71. The maximum absolute atomic E-state index is 10.5. The molecule has 4 N–H and O–H groups in total. The monoisotopic (exact) mass is 386 g/mol. The number of nitrogens with two attached hydrogens (primary N) is 2. The van der Waals surface area contributed by atoms with Crippen molar-refractivity contribution in [2.45, 2.75) is 39.2 Å². The first kappa shape index (κ1) is 26.1. The minimum atomic E-state index is -0.255. The minimum absolute atomic E-state index is 0.0417. The highest BCUT2D eigenvalue weighted by molar-refractivity contribution is 9.10. The molecule has 1 aromatic carbocycles. The second kappa shape index (κ2) is 16.5. The first-order chi connectivity index (χ1) is 10.7. The number of aryl methyl sites for hydroxylation is 1. The smallest absolute Gasteiger partial charge is 0.217 e. The van der Waals surface area contributed by atoms with Crippen molar-refractivity contribution in [3.8, 4) is 12.8 Å². The minimum Gasteiger partial charge on any atom is -0.379 e. The Labute approximate surface area is 147 Å². The molecule has 0 saturated carbocycles. The van der Waals surface area contributed by atoms with Crippen molar-refractivity contribution in [1.29, 1.82) is 0 Å². The Morgan fingerprint density at radius 3 is 2.09 bits per heavy atom. The number of carbonyl (C=O) groups excluding carboxylic acids is 2. The van der Waals surface area contributed by atoms with Crippen LogP contribution in [0.4, 0.5) is 0 Å². The van der Waals surface area contributed by atoms with Crippen LogP contribution >= 0.6 is 15.9 Å². The maximum Gasteiger partial charge on any atom is 0.217 e. The summed E-state index contributed by atoms with van der Waals surface area (Å²) in [4.78, 5) is 19.1. The third kappa shape index (κ3) is 25.5.